The van der Waals surface area contributed by atoms with Crippen molar-refractivity contribution in [3.05, 3.63) is 59.2 Å². The lowest BCUT2D eigenvalue weighted by atomic mass is 10.0. The van der Waals surface area contributed by atoms with Gasteiger partial charge in [-0.2, -0.15) is 0 Å². The van der Waals surface area contributed by atoms with Gasteiger partial charge in [-0.3, -0.25) is 0 Å². The molecule has 0 aliphatic carbocycles. The van der Waals surface area contributed by atoms with Crippen LogP contribution in [0, 0.1) is 0 Å². The van der Waals surface area contributed by atoms with Gasteiger partial charge in [0.1, 0.15) is 5.75 Å². The molecule has 9 nitrogen and oxygen atoms in total. The van der Waals surface area contributed by atoms with Crippen molar-refractivity contribution in [1.29, 1.82) is 0 Å². The van der Waals surface area contributed by atoms with Crippen LogP contribution in [0.4, 0.5) is 10.5 Å². The van der Waals surface area contributed by atoms with E-state index in [-0.39, 0.29) is 6.54 Å². The molecule has 39 heavy (non-hydrogen) atoms. The summed E-state index contributed by atoms with van der Waals surface area (Å²) in [6.07, 6.45) is 1.54. The highest BCUT2D eigenvalue weighted by molar-refractivity contribution is 5.65. The number of unbranched alkanes of at least 4 members (excludes halogenated alkanes) is 3. The SMILES string of the molecule is CN(C)c1cccc(COCCOCCCCCCN(C[C@H](O)c2ccc3c(c2)COC(C)(C)O3)C(=O)O)c1. The van der Waals surface area contributed by atoms with Gasteiger partial charge in [-0.25, -0.2) is 4.79 Å². The van der Waals surface area contributed by atoms with E-state index in [1.165, 1.54) is 4.90 Å². The molecule has 0 spiro atoms. The second-order valence-electron chi connectivity index (χ2n) is 10.5. The molecule has 216 valence electrons. The summed E-state index contributed by atoms with van der Waals surface area (Å²) in [6, 6.07) is 13.7. The summed E-state index contributed by atoms with van der Waals surface area (Å²) in [6.45, 7) is 6.79. The van der Waals surface area contributed by atoms with Crippen molar-refractivity contribution in [3.8, 4) is 5.75 Å². The monoisotopic (exact) mass is 544 g/mol. The van der Waals surface area contributed by atoms with Crippen LogP contribution in [0.2, 0.25) is 0 Å². The fraction of sp³-hybridized carbons (Fsp3) is 0.567. The van der Waals surface area contributed by atoms with Crippen molar-refractivity contribution in [1.82, 2.24) is 4.90 Å². The summed E-state index contributed by atoms with van der Waals surface area (Å²) in [5.74, 6) is 0.0346. The number of carbonyl (C=O) groups is 1. The van der Waals surface area contributed by atoms with Gasteiger partial charge in [0.25, 0.3) is 0 Å². The third-order valence-corrected chi connectivity index (χ3v) is 6.60. The Hall–Kier alpha value is -2.85. The number of aliphatic hydroxyl groups is 1. The van der Waals surface area contributed by atoms with Crippen molar-refractivity contribution in [2.75, 3.05) is 51.9 Å². The van der Waals surface area contributed by atoms with Crippen LogP contribution in [0.1, 0.15) is 62.3 Å². The Balaban J connectivity index is 1.26. The van der Waals surface area contributed by atoms with E-state index in [1.807, 2.05) is 46.1 Å². The number of amides is 1. The number of carboxylic acid groups (broad SMARTS) is 1. The molecular formula is C30H44N2O7. The number of fused-ring (bicyclic) bond motifs is 1. The smallest absolute Gasteiger partial charge is 0.407 e. The van der Waals surface area contributed by atoms with Gasteiger partial charge >= 0.3 is 6.09 Å². The van der Waals surface area contributed by atoms with Crippen LogP contribution >= 0.6 is 0 Å². The molecule has 1 heterocycles. The van der Waals surface area contributed by atoms with Crippen molar-refractivity contribution in [2.45, 2.75) is 64.6 Å². The van der Waals surface area contributed by atoms with Gasteiger partial charge in [-0.1, -0.05) is 31.0 Å². The minimum atomic E-state index is -1.03. The van der Waals surface area contributed by atoms with Crippen LogP contribution < -0.4 is 9.64 Å². The standard InChI is InChI=1S/C30H44N2O7/c1-30(2)38-22-25-19-24(12-13-28(25)39-30)27(33)20-32(29(34)35)14-7-5-6-8-15-36-16-17-37-21-23-10-9-11-26(18-23)31(3)4/h9-13,18-19,27,33H,5-8,14-17,20-22H2,1-4H3,(H,34,35)/t27-/m0/s1. The van der Waals surface area contributed by atoms with Gasteiger partial charge in [0.05, 0.1) is 39.1 Å². The largest absolute Gasteiger partial charge is 0.465 e. The minimum Gasteiger partial charge on any atom is -0.465 e. The summed E-state index contributed by atoms with van der Waals surface area (Å²) >= 11 is 0. The molecule has 0 saturated heterocycles. The molecule has 0 unspecified atom stereocenters. The zero-order chi connectivity index (χ0) is 28.3. The molecule has 1 atom stereocenters. The fourth-order valence-electron chi connectivity index (χ4n) is 4.34. The second-order valence-corrected chi connectivity index (χ2v) is 10.5. The van der Waals surface area contributed by atoms with Crippen LogP contribution in [0.5, 0.6) is 5.75 Å². The maximum absolute atomic E-state index is 11.7. The molecule has 9 heteroatoms. The van der Waals surface area contributed by atoms with Gasteiger partial charge < -0.3 is 39.0 Å². The van der Waals surface area contributed by atoms with Crippen LogP contribution in [-0.2, 0) is 27.4 Å². The number of hydrogen-bond donors (Lipinski definition) is 2. The summed E-state index contributed by atoms with van der Waals surface area (Å²) in [5, 5.41) is 20.3. The van der Waals surface area contributed by atoms with E-state index in [0.717, 1.165) is 48.2 Å². The molecule has 2 aromatic carbocycles. The molecular weight excluding hydrogens is 500 g/mol. The first-order chi connectivity index (χ1) is 18.6. The van der Waals surface area contributed by atoms with Crippen LogP contribution in [0.3, 0.4) is 0 Å². The lowest BCUT2D eigenvalue weighted by Gasteiger charge is -2.33. The summed E-state index contributed by atoms with van der Waals surface area (Å²) < 4.78 is 22.8. The van der Waals surface area contributed by atoms with Crippen molar-refractivity contribution in [3.63, 3.8) is 0 Å². The van der Waals surface area contributed by atoms with E-state index in [1.54, 1.807) is 6.07 Å². The number of anilines is 1. The summed E-state index contributed by atoms with van der Waals surface area (Å²) in [5.41, 5.74) is 3.78. The van der Waals surface area contributed by atoms with Gasteiger partial charge in [-0.05, 0) is 48.2 Å². The highest BCUT2D eigenvalue weighted by Gasteiger charge is 2.28. The van der Waals surface area contributed by atoms with Gasteiger partial charge in [0.2, 0.25) is 5.79 Å². The lowest BCUT2D eigenvalue weighted by molar-refractivity contribution is -0.180. The van der Waals surface area contributed by atoms with E-state index in [4.69, 9.17) is 18.9 Å². The summed E-state index contributed by atoms with van der Waals surface area (Å²) in [4.78, 5) is 15.1. The predicted octanol–water partition coefficient (Wildman–Crippen LogP) is 5.20. The van der Waals surface area contributed by atoms with Crippen LogP contribution in [0.15, 0.2) is 42.5 Å². The Morgan fingerprint density at radius 3 is 2.56 bits per heavy atom. The van der Waals surface area contributed by atoms with Crippen LogP contribution in [-0.4, -0.2) is 74.0 Å². The number of hydrogen-bond acceptors (Lipinski definition) is 7. The molecule has 3 rings (SSSR count). The van der Waals surface area contributed by atoms with E-state index in [2.05, 4.69) is 23.1 Å². The molecule has 0 aromatic heterocycles. The van der Waals surface area contributed by atoms with Crippen molar-refractivity contribution >= 4 is 11.8 Å². The number of aliphatic hydroxyl groups excluding tert-OH is 1. The first-order valence-corrected chi connectivity index (χ1v) is 13.7. The Kier molecular flexibility index (Phi) is 11.9. The van der Waals surface area contributed by atoms with Gasteiger partial charge in [0, 0.05) is 52.3 Å². The maximum atomic E-state index is 11.7. The zero-order valence-electron chi connectivity index (χ0n) is 23.7. The van der Waals surface area contributed by atoms with Crippen molar-refractivity contribution < 1.29 is 34.0 Å². The fourth-order valence-corrected chi connectivity index (χ4v) is 4.34. The zero-order valence-corrected chi connectivity index (χ0v) is 23.7. The lowest BCUT2D eigenvalue weighted by Crippen LogP contribution is -2.36. The van der Waals surface area contributed by atoms with E-state index < -0.39 is 18.0 Å². The molecule has 0 radical (unpaired) electrons. The topological polar surface area (TPSA) is 101 Å². The van der Waals surface area contributed by atoms with Crippen molar-refractivity contribution in [2.24, 2.45) is 0 Å². The number of benzene rings is 2. The Bertz CT molecular complexity index is 1040. The van der Waals surface area contributed by atoms with Gasteiger partial charge in [-0.15, -0.1) is 0 Å². The quantitative estimate of drug-likeness (QED) is 0.278. The Morgan fingerprint density at radius 2 is 1.79 bits per heavy atom. The van der Waals surface area contributed by atoms with E-state index >= 15 is 0 Å². The predicted molar refractivity (Wildman–Crippen MR) is 150 cm³/mol. The third-order valence-electron chi connectivity index (χ3n) is 6.60. The maximum Gasteiger partial charge on any atom is 0.407 e. The summed E-state index contributed by atoms with van der Waals surface area (Å²) in [7, 11) is 4.04. The molecule has 2 aromatic rings. The Labute approximate surface area is 232 Å². The minimum absolute atomic E-state index is 0.0177. The highest BCUT2D eigenvalue weighted by atomic mass is 16.7. The molecule has 0 saturated carbocycles. The number of ether oxygens (including phenoxy) is 4. The Morgan fingerprint density at radius 1 is 1.03 bits per heavy atom. The van der Waals surface area contributed by atoms with Gasteiger partial charge in [0.15, 0.2) is 0 Å². The second kappa shape index (κ2) is 15.1. The molecule has 1 aliphatic rings. The number of nitrogens with zero attached hydrogens (tertiary/aromatic N) is 2. The molecule has 1 aliphatic heterocycles. The number of rotatable bonds is 16. The molecule has 2 N–H and O–H groups in total. The van der Waals surface area contributed by atoms with Crippen LogP contribution in [0.25, 0.3) is 0 Å². The third kappa shape index (κ3) is 10.3. The average Bonchev–Trinajstić information content (AvgIpc) is 2.90. The molecule has 1 amide bonds. The highest BCUT2D eigenvalue weighted by Crippen LogP contribution is 2.33. The normalized spacial score (nSPS) is 14.8. The first-order valence-electron chi connectivity index (χ1n) is 13.7. The average molecular weight is 545 g/mol. The first kappa shape index (κ1) is 30.7. The molecule has 0 bridgehead atoms. The molecule has 0 fully saturated rings. The van der Waals surface area contributed by atoms with E-state index in [0.29, 0.717) is 45.1 Å². The van der Waals surface area contributed by atoms with E-state index in [9.17, 15) is 15.0 Å².